The third-order valence-electron chi connectivity index (χ3n) is 3.09. The third-order valence-corrected chi connectivity index (χ3v) is 14.5. The largest absolute Gasteiger partial charge is 0.152 e. The Hall–Kier alpha value is 3.21. The zero-order chi connectivity index (χ0) is 19.0. The number of rotatable bonds is 4. The van der Waals surface area contributed by atoms with E-state index in [9.17, 15) is 0 Å². The van der Waals surface area contributed by atoms with Crippen LogP contribution in [0.4, 0.5) is 0 Å². The highest BCUT2D eigenvalue weighted by atomic mass is 79.9. The standard InChI is InChI=1S/C14H4Br8Cl2S/c15-5-3(6(16)10(20)13(23)9(5)19)1-25-2-4-7(17)11(21)14(24)12(22)8(4)18/h1-2H2. The lowest BCUT2D eigenvalue weighted by Gasteiger charge is -2.15. The second-order valence-electron chi connectivity index (χ2n) is 4.59. The molecule has 0 N–H and O–H groups in total. The maximum absolute atomic E-state index is 6.29. The van der Waals surface area contributed by atoms with Crippen LogP contribution >= 0.6 is 162 Å². The van der Waals surface area contributed by atoms with Crippen LogP contribution in [0.1, 0.15) is 11.1 Å². The van der Waals surface area contributed by atoms with E-state index in [-0.39, 0.29) is 0 Å². The summed E-state index contributed by atoms with van der Waals surface area (Å²) in [5, 5.41) is 1.26. The van der Waals surface area contributed by atoms with Gasteiger partial charge in [-0.15, -0.1) is 0 Å². The van der Waals surface area contributed by atoms with E-state index in [0.717, 1.165) is 58.4 Å². The molecule has 25 heavy (non-hydrogen) atoms. The molecule has 0 heterocycles. The summed E-state index contributed by atoms with van der Waals surface area (Å²) in [6.45, 7) is 0. The molecule has 0 saturated heterocycles. The molecule has 0 aliphatic rings. The maximum Gasteiger partial charge on any atom is 0.0713 e. The molecule has 0 unspecified atom stereocenters. The molecule has 2 aromatic rings. The van der Waals surface area contributed by atoms with E-state index in [1.54, 1.807) is 11.8 Å². The van der Waals surface area contributed by atoms with Crippen LogP contribution in [-0.4, -0.2) is 0 Å². The summed E-state index contributed by atoms with van der Waals surface area (Å²) in [7, 11) is 0. The van der Waals surface area contributed by atoms with Crippen molar-refractivity contribution < 1.29 is 0 Å². The molecule has 0 aliphatic heterocycles. The fraction of sp³-hybridized carbons (Fsp3) is 0.143. The van der Waals surface area contributed by atoms with Gasteiger partial charge in [0.05, 0.1) is 27.9 Å². The normalized spacial score (nSPS) is 11.3. The average molecular weight is 914 g/mol. The summed E-state index contributed by atoms with van der Waals surface area (Å²) in [4.78, 5) is 0. The number of halogens is 10. The van der Waals surface area contributed by atoms with Gasteiger partial charge >= 0.3 is 0 Å². The molecule has 136 valence electrons. The minimum Gasteiger partial charge on any atom is -0.152 e. The topological polar surface area (TPSA) is 0 Å². The van der Waals surface area contributed by atoms with Gasteiger partial charge in [0.25, 0.3) is 0 Å². The molecule has 0 bridgehead atoms. The van der Waals surface area contributed by atoms with Crippen molar-refractivity contribution in [1.29, 1.82) is 0 Å². The fourth-order valence-electron chi connectivity index (χ4n) is 1.81. The first-order chi connectivity index (χ1) is 11.6. The Bertz CT molecular complexity index is 728. The smallest absolute Gasteiger partial charge is 0.0713 e. The van der Waals surface area contributed by atoms with Crippen LogP contribution in [0.5, 0.6) is 0 Å². The molecule has 2 aromatic carbocycles. The number of hydrogen-bond donors (Lipinski definition) is 0. The van der Waals surface area contributed by atoms with E-state index in [1.807, 2.05) is 0 Å². The first-order valence-corrected chi connectivity index (χ1v) is 14.4. The Labute approximate surface area is 227 Å². The molecule has 0 amide bonds. The number of benzene rings is 2. The first-order valence-electron chi connectivity index (χ1n) is 6.17. The predicted octanol–water partition coefficient (Wildman–Crippen LogP) is 11.5. The van der Waals surface area contributed by atoms with Crippen molar-refractivity contribution in [2.75, 3.05) is 0 Å². The lowest BCUT2D eigenvalue weighted by atomic mass is 10.2. The zero-order valence-corrected chi connectivity index (χ0v) is 26.6. The molecular formula is C14H4Br8Cl2S. The van der Waals surface area contributed by atoms with Crippen LogP contribution in [0.25, 0.3) is 0 Å². The summed E-state index contributed by atoms with van der Waals surface area (Å²) in [5.74, 6) is 1.57. The van der Waals surface area contributed by atoms with Crippen LogP contribution in [0, 0.1) is 0 Å². The third kappa shape index (κ3) is 5.28. The Balaban J connectivity index is 2.29. The van der Waals surface area contributed by atoms with Crippen molar-refractivity contribution in [3.05, 3.63) is 57.0 Å². The van der Waals surface area contributed by atoms with Crippen LogP contribution in [-0.2, 0) is 11.5 Å². The van der Waals surface area contributed by atoms with Gasteiger partial charge in [0.2, 0.25) is 0 Å². The van der Waals surface area contributed by atoms with Crippen molar-refractivity contribution in [2.24, 2.45) is 0 Å². The molecule has 0 radical (unpaired) electrons. The molecule has 0 aliphatic carbocycles. The Kier molecular flexibility index (Phi) is 10.3. The second kappa shape index (κ2) is 10.5. The van der Waals surface area contributed by atoms with E-state index in [2.05, 4.69) is 127 Å². The van der Waals surface area contributed by atoms with E-state index >= 15 is 0 Å². The minimum absolute atomic E-state index is 0.628. The van der Waals surface area contributed by atoms with Gasteiger partial charge in [0, 0.05) is 29.4 Å². The highest BCUT2D eigenvalue weighted by molar-refractivity contribution is 9.14. The molecule has 0 spiro atoms. The fourth-order valence-corrected chi connectivity index (χ4v) is 9.43. The van der Waals surface area contributed by atoms with Crippen molar-refractivity contribution in [3.8, 4) is 0 Å². The van der Waals surface area contributed by atoms with Gasteiger partial charge in [0.1, 0.15) is 0 Å². The summed E-state index contributed by atoms with van der Waals surface area (Å²) in [6.07, 6.45) is 0. The monoisotopic (exact) mass is 905 g/mol. The van der Waals surface area contributed by atoms with Gasteiger partial charge < -0.3 is 0 Å². The molecule has 2 rings (SSSR count). The maximum atomic E-state index is 6.29. The summed E-state index contributed by atoms with van der Waals surface area (Å²) in [5.41, 5.74) is 2.24. The first kappa shape index (κ1) is 24.5. The van der Waals surface area contributed by atoms with Crippen LogP contribution < -0.4 is 0 Å². The van der Waals surface area contributed by atoms with Gasteiger partial charge in [-0.1, -0.05) is 23.2 Å². The average Bonchev–Trinajstić information content (AvgIpc) is 2.60. The number of hydrogen-bond acceptors (Lipinski definition) is 1. The van der Waals surface area contributed by atoms with Crippen LogP contribution in [0.2, 0.25) is 10.0 Å². The second-order valence-corrected chi connectivity index (χ2v) is 12.7. The van der Waals surface area contributed by atoms with Gasteiger partial charge in [-0.2, -0.15) is 11.8 Å². The van der Waals surface area contributed by atoms with Crippen molar-refractivity contribution in [2.45, 2.75) is 11.5 Å². The van der Waals surface area contributed by atoms with Crippen LogP contribution in [0.15, 0.2) is 35.8 Å². The van der Waals surface area contributed by atoms with Gasteiger partial charge in [0.15, 0.2) is 0 Å². The van der Waals surface area contributed by atoms with Gasteiger partial charge in [-0.3, -0.25) is 0 Å². The summed E-state index contributed by atoms with van der Waals surface area (Å²) in [6, 6.07) is 0. The van der Waals surface area contributed by atoms with E-state index < -0.39 is 0 Å². The van der Waals surface area contributed by atoms with Crippen LogP contribution in [0.3, 0.4) is 0 Å². The molecule has 0 aromatic heterocycles. The number of thioether (sulfide) groups is 1. The van der Waals surface area contributed by atoms with Gasteiger partial charge in [-0.25, -0.2) is 0 Å². The van der Waals surface area contributed by atoms with Gasteiger partial charge in [-0.05, 0) is 139 Å². The summed E-state index contributed by atoms with van der Waals surface area (Å²) < 4.78 is 7.10. The lowest BCUT2D eigenvalue weighted by molar-refractivity contribution is 1.27. The van der Waals surface area contributed by atoms with Crippen molar-refractivity contribution in [3.63, 3.8) is 0 Å². The lowest BCUT2D eigenvalue weighted by Crippen LogP contribution is -1.94. The molecule has 0 atom stereocenters. The molecule has 0 fully saturated rings. The zero-order valence-electron chi connectivity index (χ0n) is 11.6. The van der Waals surface area contributed by atoms with E-state index in [4.69, 9.17) is 23.2 Å². The predicted molar refractivity (Wildman–Crippen MR) is 140 cm³/mol. The van der Waals surface area contributed by atoms with Crippen molar-refractivity contribution >= 4 is 162 Å². The molecule has 0 saturated carbocycles. The SMILES string of the molecule is Clc1c(Br)c(Br)c(CSCc2c(Br)c(Br)c(Cl)c(Br)c2Br)c(Br)c1Br. The highest BCUT2D eigenvalue weighted by Gasteiger charge is 2.20. The Morgan fingerprint density at radius 3 is 0.960 bits per heavy atom. The molecular weight excluding hydrogens is 910 g/mol. The molecule has 11 heteroatoms. The van der Waals surface area contributed by atoms with Crippen molar-refractivity contribution in [1.82, 2.24) is 0 Å². The molecule has 0 nitrogen and oxygen atoms in total. The quantitative estimate of drug-likeness (QED) is 0.218. The van der Waals surface area contributed by atoms with E-state index in [0.29, 0.717) is 10.0 Å². The Morgan fingerprint density at radius 1 is 0.480 bits per heavy atom. The van der Waals surface area contributed by atoms with E-state index in [1.165, 1.54) is 0 Å². The minimum atomic E-state index is 0.628. The summed E-state index contributed by atoms with van der Waals surface area (Å²) >= 11 is 42.9. The highest BCUT2D eigenvalue weighted by Crippen LogP contribution is 2.48. The Morgan fingerprint density at radius 2 is 0.720 bits per heavy atom.